The maximum Gasteiger partial charge on any atom is 1.00 e. The van der Waals surface area contributed by atoms with Crippen LogP contribution in [-0.2, 0) is 57.1 Å². The van der Waals surface area contributed by atoms with E-state index in [0.29, 0.717) is 12.8 Å². The maximum atomic E-state index is 13.5. The number of amides is 3. The van der Waals surface area contributed by atoms with Crippen LogP contribution in [0.5, 0.6) is 0 Å². The molecule has 560 valence electrons. The number of carbonyl (C=O) groups is 4. The molecule has 0 bridgehead atoms. The Labute approximate surface area is 594 Å². The Hall–Kier alpha value is -2.22. The number of hydrogen-bond acceptors (Lipinski definition) is 26. The minimum atomic E-state index is -3.39. The molecule has 4 rings (SSSR count). The number of aliphatic hydroxyl groups is 13. The first-order valence-electron chi connectivity index (χ1n) is 35.5. The third kappa shape index (κ3) is 29.4. The van der Waals surface area contributed by atoms with Crippen LogP contribution in [0.15, 0.2) is 12.2 Å². The molecule has 30 heteroatoms. The van der Waals surface area contributed by atoms with Crippen LogP contribution in [-0.4, -0.2) is 264 Å². The molecule has 4 aliphatic heterocycles. The second kappa shape index (κ2) is 48.7. The Bertz CT molecular complexity index is 2180. The van der Waals surface area contributed by atoms with E-state index in [1.807, 2.05) is 6.08 Å². The minimum Gasteiger partial charge on any atom is -0.544 e. The fourth-order valence-electron chi connectivity index (χ4n) is 12.8. The number of nitrogens with one attached hydrogen (secondary N) is 3. The number of carboxylic acid groups (broad SMARTS) is 1. The number of carbonyl (C=O) groups excluding carboxylic acids is 4. The van der Waals surface area contributed by atoms with Gasteiger partial charge in [0.1, 0.15) is 97.5 Å². The molecule has 0 aromatic carbocycles. The van der Waals surface area contributed by atoms with Crippen molar-refractivity contribution >= 4 is 23.7 Å². The van der Waals surface area contributed by atoms with Crippen molar-refractivity contribution in [3.8, 4) is 0 Å². The van der Waals surface area contributed by atoms with Gasteiger partial charge in [-0.05, 0) is 19.3 Å². The number of allylic oxidation sites excluding steroid dienone is 1. The first-order valence-corrected chi connectivity index (χ1v) is 35.5. The summed E-state index contributed by atoms with van der Waals surface area (Å²) in [6, 6.07) is -4.56. The van der Waals surface area contributed by atoms with Gasteiger partial charge in [-0.15, -0.1) is 0 Å². The third-order valence-electron chi connectivity index (χ3n) is 18.5. The van der Waals surface area contributed by atoms with Crippen molar-refractivity contribution in [1.29, 1.82) is 0 Å². The van der Waals surface area contributed by atoms with E-state index in [-0.39, 0.29) is 41.9 Å². The molecule has 4 fully saturated rings. The summed E-state index contributed by atoms with van der Waals surface area (Å²) in [5.74, 6) is -7.75. The Balaban J connectivity index is 0.0000245. The molecule has 0 unspecified atom stereocenters. The molecule has 0 aromatic heterocycles. The van der Waals surface area contributed by atoms with Gasteiger partial charge in [-0.2, -0.15) is 0 Å². The molecule has 16 N–H and O–H groups in total. The summed E-state index contributed by atoms with van der Waals surface area (Å²) < 4.78 is 47.7. The summed E-state index contributed by atoms with van der Waals surface area (Å²) in [6.45, 7) is 1.65. The molecule has 97 heavy (non-hydrogen) atoms. The molecule has 23 atom stereocenters. The molecule has 0 aromatic rings. The number of unbranched alkanes of at least 4 members (excludes halogenated alkanes) is 25. The maximum absolute atomic E-state index is 13.5. The second-order valence-corrected chi connectivity index (χ2v) is 26.5. The molecule has 4 aliphatic rings. The van der Waals surface area contributed by atoms with Crippen molar-refractivity contribution < 1.29 is 158 Å². The summed E-state index contributed by atoms with van der Waals surface area (Å²) in [5.41, 5.74) is 0. The van der Waals surface area contributed by atoms with E-state index in [9.17, 15) is 90.7 Å². The summed E-state index contributed by atoms with van der Waals surface area (Å²) in [5, 5.41) is 165. The fourth-order valence-corrected chi connectivity index (χ4v) is 12.8. The SMILES string of the molecule is CCCCCCCCCCCCC/C=C/[C@@H](O)[C@H](CO[C@@H]1O[C@H](CO)[C@@H](O[C@@H]2O[C@H](CO)[C@H](O[C@@H]3O[C@H](CO)[C@H](O)[C@H](O)[C@H]3NC(C)=O)[C@H](O[C@]3(C(=O)[O-])C[C@H](O)[C@@H](NC(C)=O)[C@H]([C@H](O)[C@H](O)CO)O3)[C@H]2O)[C@H](O)[C@H]1O)NC(=O)CCCCCCCCCCCCCCCCC.[Na+]. The molecule has 0 saturated carbocycles. The average molecular weight is 1410 g/mol. The van der Waals surface area contributed by atoms with Crippen molar-refractivity contribution in [3.63, 3.8) is 0 Å². The average Bonchev–Trinajstić information content (AvgIpc) is 0.761. The Kier molecular flexibility index (Phi) is 44.7. The van der Waals surface area contributed by atoms with Crippen molar-refractivity contribution in [2.24, 2.45) is 0 Å². The standard InChI is InChI=1S/C67H121N3O26.Na/c1-5-7-9-11-13-15-17-19-20-22-24-26-28-30-32-34-50(80)70-43(44(77)33-31-29-27-25-23-21-18-16-14-12-10-8-6-2)40-89-64-57(85)56(84)59(48(38-73)91-64)93-65-58(86)62(60(49(39-74)92-65)94-63-52(69-42(4)76)55(83)54(82)47(37-72)90-63)96-67(66(87)88)35-45(78)51(68-41(3)75)61(95-67)53(81)46(79)36-71;/h31,33,43-49,51-65,71-74,77-79,81-86H,5-30,32,34-40H2,1-4H3,(H,68,75)(H,69,76)(H,70,80)(H,87,88);/q;+1/p-1/b33-31+;/t43-,44+,45-,46+,47+,48+,49+,51+,52+,53+,54-,55+,56+,57+,58+,59+,60-,61+,62+,63-,64+,65-,67-;/m0./s1. The van der Waals surface area contributed by atoms with Gasteiger partial charge < -0.3 is 130 Å². The summed E-state index contributed by atoms with van der Waals surface area (Å²) in [4.78, 5) is 51.8. The number of aliphatic carboxylic acids is 1. The first kappa shape index (κ1) is 89.0. The molecule has 29 nitrogen and oxygen atoms in total. The van der Waals surface area contributed by atoms with Gasteiger partial charge in [0.2, 0.25) is 23.5 Å². The van der Waals surface area contributed by atoms with Crippen molar-refractivity contribution in [2.75, 3.05) is 33.0 Å². The first-order chi connectivity index (χ1) is 46.0. The normalized spacial score (nSPS) is 32.0. The van der Waals surface area contributed by atoms with E-state index >= 15 is 0 Å². The van der Waals surface area contributed by atoms with Gasteiger partial charge in [0, 0.05) is 26.7 Å². The minimum absolute atomic E-state index is 0. The van der Waals surface area contributed by atoms with Crippen LogP contribution in [0.3, 0.4) is 0 Å². The number of rotatable bonds is 49. The molecular weight excluding hydrogens is 1290 g/mol. The smallest absolute Gasteiger partial charge is 0.544 e. The van der Waals surface area contributed by atoms with Crippen molar-refractivity contribution in [1.82, 2.24) is 16.0 Å². The number of carboxylic acids is 1. The molecule has 0 spiro atoms. The predicted molar refractivity (Wildman–Crippen MR) is 343 cm³/mol. The molecule has 0 aliphatic carbocycles. The van der Waals surface area contributed by atoms with Crippen LogP contribution in [0.4, 0.5) is 0 Å². The Morgan fingerprint density at radius 3 is 1.52 bits per heavy atom. The van der Waals surface area contributed by atoms with E-state index in [4.69, 9.17) is 37.9 Å². The second-order valence-electron chi connectivity index (χ2n) is 26.5. The quantitative estimate of drug-likeness (QED) is 0.0162. The Morgan fingerprint density at radius 1 is 0.557 bits per heavy atom. The third-order valence-corrected chi connectivity index (χ3v) is 18.5. The van der Waals surface area contributed by atoms with Crippen LogP contribution >= 0.6 is 0 Å². The van der Waals surface area contributed by atoms with Gasteiger partial charge in [0.25, 0.3) is 0 Å². The van der Waals surface area contributed by atoms with Gasteiger partial charge >= 0.3 is 29.6 Å². The van der Waals surface area contributed by atoms with E-state index in [2.05, 4.69) is 29.8 Å². The molecule has 3 amide bonds. The zero-order valence-corrected chi connectivity index (χ0v) is 60.0. The van der Waals surface area contributed by atoms with Crippen LogP contribution in [0.2, 0.25) is 0 Å². The van der Waals surface area contributed by atoms with Crippen LogP contribution in [0.1, 0.15) is 214 Å². The predicted octanol–water partition coefficient (Wildman–Crippen LogP) is -3.20. The number of aliphatic hydroxyl groups excluding tert-OH is 13. The number of hydrogen-bond donors (Lipinski definition) is 16. The molecule has 4 saturated heterocycles. The summed E-state index contributed by atoms with van der Waals surface area (Å²) in [7, 11) is 0. The van der Waals surface area contributed by atoms with Crippen LogP contribution in [0, 0.1) is 0 Å². The van der Waals surface area contributed by atoms with Gasteiger partial charge in [-0.3, -0.25) is 14.4 Å². The van der Waals surface area contributed by atoms with Gasteiger partial charge in [0.05, 0.1) is 57.3 Å². The van der Waals surface area contributed by atoms with Crippen LogP contribution < -0.4 is 50.6 Å². The fraction of sp³-hybridized carbons (Fsp3) is 0.910. The topological polar surface area (TPSA) is 464 Å². The largest absolute Gasteiger partial charge is 1.00 e. The van der Waals surface area contributed by atoms with Gasteiger partial charge in [0.15, 0.2) is 18.9 Å². The van der Waals surface area contributed by atoms with E-state index in [1.165, 1.54) is 109 Å². The van der Waals surface area contributed by atoms with Gasteiger partial charge in [-0.1, -0.05) is 180 Å². The molecule has 4 heterocycles. The van der Waals surface area contributed by atoms with E-state index in [0.717, 1.165) is 65.2 Å². The summed E-state index contributed by atoms with van der Waals surface area (Å²) in [6.07, 6.45) is -5.12. The van der Waals surface area contributed by atoms with Crippen molar-refractivity contribution in [2.45, 2.75) is 354 Å². The molecular formula is C67H120N3NaO26. The zero-order chi connectivity index (χ0) is 70.7. The van der Waals surface area contributed by atoms with Crippen LogP contribution in [0.25, 0.3) is 0 Å². The Morgan fingerprint density at radius 2 is 1.02 bits per heavy atom. The monoisotopic (exact) mass is 1410 g/mol. The molecule has 0 radical (unpaired) electrons. The van der Waals surface area contributed by atoms with E-state index < -0.39 is 198 Å². The van der Waals surface area contributed by atoms with Crippen molar-refractivity contribution in [3.05, 3.63) is 12.2 Å². The zero-order valence-electron chi connectivity index (χ0n) is 58.0. The summed E-state index contributed by atoms with van der Waals surface area (Å²) >= 11 is 0. The van der Waals surface area contributed by atoms with E-state index in [1.54, 1.807) is 6.08 Å². The number of ether oxygens (including phenoxy) is 8. The van der Waals surface area contributed by atoms with Gasteiger partial charge in [-0.25, -0.2) is 0 Å².